The Morgan fingerprint density at radius 1 is 1.31 bits per heavy atom. The second-order valence-corrected chi connectivity index (χ2v) is 7.77. The molecule has 12 heteroatoms. The van der Waals surface area contributed by atoms with Gasteiger partial charge in [-0.15, -0.1) is 0 Å². The fourth-order valence-electron chi connectivity index (χ4n) is 2.43. The summed E-state index contributed by atoms with van der Waals surface area (Å²) in [6, 6.07) is 3.51. The molecule has 0 saturated heterocycles. The molecule has 1 heterocycles. The number of alkyl halides is 3. The number of hydrogen-bond donors (Lipinski definition) is 2. The number of halogens is 4. The van der Waals surface area contributed by atoms with E-state index in [1.165, 1.54) is 20.0 Å². The number of anilines is 1. The molecule has 0 saturated carbocycles. The molecule has 2 N–H and O–H groups in total. The summed E-state index contributed by atoms with van der Waals surface area (Å²) < 4.78 is 79.2. The molecule has 7 nitrogen and oxygen atoms in total. The predicted octanol–water partition coefficient (Wildman–Crippen LogP) is 2.91. The zero-order chi connectivity index (χ0) is 22.0. The number of benzene rings is 1. The number of nitriles is 1. The van der Waals surface area contributed by atoms with E-state index in [4.69, 9.17) is 5.26 Å². The van der Waals surface area contributed by atoms with Gasteiger partial charge in [0.2, 0.25) is 10.0 Å². The number of carbonyl (C=O) groups excluding carboxylic acids is 1. The predicted molar refractivity (Wildman–Crippen MR) is 94.9 cm³/mol. The van der Waals surface area contributed by atoms with E-state index in [2.05, 4.69) is 5.32 Å². The summed E-state index contributed by atoms with van der Waals surface area (Å²) >= 11 is 0. The van der Waals surface area contributed by atoms with E-state index in [1.807, 2.05) is 0 Å². The van der Waals surface area contributed by atoms with Crippen LogP contribution in [0.4, 0.5) is 23.2 Å². The first kappa shape index (κ1) is 22.4. The van der Waals surface area contributed by atoms with Gasteiger partial charge in [0.1, 0.15) is 28.5 Å². The molecule has 1 atom stereocenters. The molecule has 0 aliphatic carbocycles. The SMILES string of the molecule is CCC(NS(=O)(=O)c1cc(C(=O)Nc2ccc(F)c(C#N)c2)n(C)c1)C(F)(F)F. The molecular formula is C17H16F4N4O3S. The molecule has 1 aromatic heterocycles. The van der Waals surface area contributed by atoms with E-state index in [-0.39, 0.29) is 16.9 Å². The minimum atomic E-state index is -4.77. The van der Waals surface area contributed by atoms with Gasteiger partial charge in [-0.2, -0.15) is 23.2 Å². The topological polar surface area (TPSA) is 104 Å². The summed E-state index contributed by atoms with van der Waals surface area (Å²) in [5.41, 5.74) is -0.395. The summed E-state index contributed by atoms with van der Waals surface area (Å²) in [5.74, 6) is -1.58. The molecule has 0 fully saturated rings. The van der Waals surface area contributed by atoms with Crippen molar-refractivity contribution in [3.05, 3.63) is 47.5 Å². The maximum atomic E-state index is 13.4. The van der Waals surface area contributed by atoms with Crippen LogP contribution in [0, 0.1) is 17.1 Å². The largest absolute Gasteiger partial charge is 0.404 e. The van der Waals surface area contributed by atoms with Crippen molar-refractivity contribution in [3.63, 3.8) is 0 Å². The van der Waals surface area contributed by atoms with Gasteiger partial charge in [-0.1, -0.05) is 6.92 Å². The maximum absolute atomic E-state index is 13.4. The average Bonchev–Trinajstić information content (AvgIpc) is 3.03. The average molecular weight is 432 g/mol. The molecule has 0 bridgehead atoms. The highest BCUT2D eigenvalue weighted by Gasteiger charge is 2.41. The van der Waals surface area contributed by atoms with Crippen LogP contribution in [0.25, 0.3) is 0 Å². The Balaban J connectivity index is 2.27. The van der Waals surface area contributed by atoms with Gasteiger partial charge in [0.15, 0.2) is 0 Å². The van der Waals surface area contributed by atoms with Crippen molar-refractivity contribution in [2.24, 2.45) is 7.05 Å². The van der Waals surface area contributed by atoms with E-state index in [0.29, 0.717) is 0 Å². The zero-order valence-corrected chi connectivity index (χ0v) is 16.0. The monoisotopic (exact) mass is 432 g/mol. The van der Waals surface area contributed by atoms with Gasteiger partial charge in [-0.3, -0.25) is 4.79 Å². The lowest BCUT2D eigenvalue weighted by atomic mass is 10.2. The number of rotatable bonds is 6. The van der Waals surface area contributed by atoms with Crippen LogP contribution in [-0.2, 0) is 17.1 Å². The molecule has 29 heavy (non-hydrogen) atoms. The van der Waals surface area contributed by atoms with Crippen LogP contribution < -0.4 is 10.0 Å². The van der Waals surface area contributed by atoms with Crippen LogP contribution in [0.2, 0.25) is 0 Å². The summed E-state index contributed by atoms with van der Waals surface area (Å²) in [6.07, 6.45) is -4.28. The third-order valence-corrected chi connectivity index (χ3v) is 5.41. The Hall–Kier alpha value is -2.91. The number of amides is 1. The third kappa shape index (κ3) is 5.12. The van der Waals surface area contributed by atoms with Crippen LogP contribution in [0.15, 0.2) is 35.4 Å². The molecule has 1 amide bonds. The number of nitrogens with zero attached hydrogens (tertiary/aromatic N) is 2. The minimum absolute atomic E-state index is 0.0831. The lowest BCUT2D eigenvalue weighted by molar-refractivity contribution is -0.151. The molecule has 1 unspecified atom stereocenters. The Kier molecular flexibility index (Phi) is 6.34. The van der Waals surface area contributed by atoms with Crippen LogP contribution in [-0.4, -0.2) is 31.1 Å². The normalized spacial score (nSPS) is 13.0. The standard InChI is InChI=1S/C17H16F4N4O3S/c1-3-15(17(19,20)21)24-29(27,28)12-7-14(25(2)9-12)16(26)23-11-4-5-13(18)10(6-11)8-22/h4-7,9,15,24H,3H2,1-2H3,(H,23,26). The molecule has 156 valence electrons. The van der Waals surface area contributed by atoms with Crippen molar-refractivity contribution >= 4 is 21.6 Å². The third-order valence-electron chi connectivity index (χ3n) is 3.97. The van der Waals surface area contributed by atoms with E-state index in [0.717, 1.165) is 29.0 Å². The molecule has 0 spiro atoms. The first-order valence-electron chi connectivity index (χ1n) is 8.15. The second kappa shape index (κ2) is 8.22. The van der Waals surface area contributed by atoms with Crippen LogP contribution >= 0.6 is 0 Å². The van der Waals surface area contributed by atoms with Gasteiger partial charge >= 0.3 is 6.18 Å². The van der Waals surface area contributed by atoms with E-state index >= 15 is 0 Å². The highest BCUT2D eigenvalue weighted by atomic mass is 32.2. The number of aromatic nitrogens is 1. The van der Waals surface area contributed by atoms with Crippen molar-refractivity contribution in [1.82, 2.24) is 9.29 Å². The van der Waals surface area contributed by atoms with Crippen molar-refractivity contribution < 1.29 is 30.8 Å². The Bertz CT molecular complexity index is 1070. The highest BCUT2D eigenvalue weighted by Crippen LogP contribution is 2.25. The molecular weight excluding hydrogens is 416 g/mol. The number of hydrogen-bond acceptors (Lipinski definition) is 4. The Morgan fingerprint density at radius 2 is 1.97 bits per heavy atom. The molecule has 0 aliphatic rings. The van der Waals surface area contributed by atoms with Crippen molar-refractivity contribution in [2.45, 2.75) is 30.5 Å². The fraction of sp³-hybridized carbons (Fsp3) is 0.294. The number of nitrogens with one attached hydrogen (secondary N) is 2. The molecule has 2 aromatic rings. The van der Waals surface area contributed by atoms with E-state index in [1.54, 1.807) is 10.8 Å². The number of aryl methyl sites for hydroxylation is 1. The molecule has 1 aromatic carbocycles. The van der Waals surface area contributed by atoms with Crippen LogP contribution in [0.1, 0.15) is 29.4 Å². The summed E-state index contributed by atoms with van der Waals surface area (Å²) in [5, 5.41) is 11.2. The van der Waals surface area contributed by atoms with Crippen LogP contribution in [0.3, 0.4) is 0 Å². The number of carbonyl (C=O) groups is 1. The van der Waals surface area contributed by atoms with Crippen molar-refractivity contribution in [3.8, 4) is 6.07 Å². The first-order valence-corrected chi connectivity index (χ1v) is 9.63. The Morgan fingerprint density at radius 3 is 2.52 bits per heavy atom. The van der Waals surface area contributed by atoms with Crippen molar-refractivity contribution in [1.29, 1.82) is 5.26 Å². The fourth-order valence-corrected chi connectivity index (χ4v) is 3.80. The Labute approximate surface area is 164 Å². The van der Waals surface area contributed by atoms with Crippen LogP contribution in [0.5, 0.6) is 0 Å². The van der Waals surface area contributed by atoms with Crippen molar-refractivity contribution in [2.75, 3.05) is 5.32 Å². The summed E-state index contributed by atoms with van der Waals surface area (Å²) in [6.45, 7) is 1.18. The van der Waals surface area contributed by atoms with Gasteiger partial charge in [-0.25, -0.2) is 12.8 Å². The molecule has 0 aliphatic heterocycles. The lowest BCUT2D eigenvalue weighted by Crippen LogP contribution is -2.44. The van der Waals surface area contributed by atoms with Gasteiger partial charge in [0.25, 0.3) is 5.91 Å². The lowest BCUT2D eigenvalue weighted by Gasteiger charge is -2.19. The molecule has 0 radical (unpaired) electrons. The minimum Gasteiger partial charge on any atom is -0.345 e. The van der Waals surface area contributed by atoms with Gasteiger partial charge in [0, 0.05) is 18.9 Å². The summed E-state index contributed by atoms with van der Waals surface area (Å²) in [4.78, 5) is 11.9. The van der Waals surface area contributed by atoms with E-state index < -0.39 is 45.3 Å². The second-order valence-electron chi connectivity index (χ2n) is 6.06. The van der Waals surface area contributed by atoms with Gasteiger partial charge in [-0.05, 0) is 30.7 Å². The first-order chi connectivity index (χ1) is 13.4. The zero-order valence-electron chi connectivity index (χ0n) is 15.2. The summed E-state index contributed by atoms with van der Waals surface area (Å²) in [7, 11) is -3.21. The number of sulfonamides is 1. The smallest absolute Gasteiger partial charge is 0.345 e. The molecule has 2 rings (SSSR count). The van der Waals surface area contributed by atoms with E-state index in [9.17, 15) is 30.8 Å². The maximum Gasteiger partial charge on any atom is 0.404 e. The highest BCUT2D eigenvalue weighted by molar-refractivity contribution is 7.89. The van der Waals surface area contributed by atoms with Gasteiger partial charge in [0.05, 0.1) is 5.56 Å². The van der Waals surface area contributed by atoms with Gasteiger partial charge < -0.3 is 9.88 Å². The quantitative estimate of drug-likeness (QED) is 0.685.